The van der Waals surface area contributed by atoms with E-state index in [1.807, 2.05) is 0 Å². The van der Waals surface area contributed by atoms with Crippen LogP contribution in [-0.4, -0.2) is 61.6 Å². The minimum absolute atomic E-state index is 0.0561. The van der Waals surface area contributed by atoms with E-state index in [-0.39, 0.29) is 12.5 Å². The summed E-state index contributed by atoms with van der Waals surface area (Å²) in [7, 11) is 1.74. The van der Waals surface area contributed by atoms with Gasteiger partial charge in [0.15, 0.2) is 5.96 Å². The Labute approximate surface area is 154 Å². The van der Waals surface area contributed by atoms with Crippen LogP contribution in [-0.2, 0) is 4.79 Å². The zero-order valence-electron chi connectivity index (χ0n) is 16.9. The Morgan fingerprint density at radius 3 is 2.28 bits per heavy atom. The maximum Gasteiger partial charge on any atom is 0.239 e. The summed E-state index contributed by atoms with van der Waals surface area (Å²) in [5.41, 5.74) is 0. The van der Waals surface area contributed by atoms with Gasteiger partial charge in [0.2, 0.25) is 5.91 Å². The highest BCUT2D eigenvalue weighted by Gasteiger charge is 2.16. The van der Waals surface area contributed by atoms with Crippen LogP contribution in [0.1, 0.15) is 66.2 Å². The molecule has 0 saturated heterocycles. The molecule has 1 aliphatic carbocycles. The van der Waals surface area contributed by atoms with Crippen LogP contribution in [0, 0.1) is 0 Å². The Kier molecular flexibility index (Phi) is 10.5. The zero-order valence-corrected chi connectivity index (χ0v) is 16.9. The van der Waals surface area contributed by atoms with Crippen molar-refractivity contribution in [2.24, 2.45) is 4.99 Å². The van der Waals surface area contributed by atoms with Gasteiger partial charge in [0, 0.05) is 38.3 Å². The van der Waals surface area contributed by atoms with E-state index in [0.29, 0.717) is 24.1 Å². The minimum atomic E-state index is 0.0561. The van der Waals surface area contributed by atoms with Gasteiger partial charge in [-0.3, -0.25) is 14.7 Å². The SMILES string of the molecule is CN=C(NCCCN(C(C)C)C(C)C)NCC(=O)NC1CCCCC1. The first kappa shape index (κ1) is 21.7. The second-order valence-corrected chi connectivity index (χ2v) is 7.53. The van der Waals surface area contributed by atoms with Crippen LogP contribution >= 0.6 is 0 Å². The van der Waals surface area contributed by atoms with Gasteiger partial charge in [-0.25, -0.2) is 0 Å². The maximum atomic E-state index is 12.0. The summed E-state index contributed by atoms with van der Waals surface area (Å²) in [6.45, 7) is 11.1. The summed E-state index contributed by atoms with van der Waals surface area (Å²) in [6, 6.07) is 1.47. The lowest BCUT2D eigenvalue weighted by atomic mass is 9.95. The van der Waals surface area contributed by atoms with Crippen molar-refractivity contribution in [2.45, 2.75) is 84.3 Å². The van der Waals surface area contributed by atoms with Crippen LogP contribution in [0.15, 0.2) is 4.99 Å². The van der Waals surface area contributed by atoms with Crippen molar-refractivity contribution >= 4 is 11.9 Å². The normalized spacial score (nSPS) is 16.6. The van der Waals surface area contributed by atoms with Crippen molar-refractivity contribution in [1.29, 1.82) is 0 Å². The van der Waals surface area contributed by atoms with E-state index in [1.165, 1.54) is 19.3 Å². The number of hydrogen-bond acceptors (Lipinski definition) is 3. The second-order valence-electron chi connectivity index (χ2n) is 7.53. The fraction of sp³-hybridized carbons (Fsp3) is 0.895. The van der Waals surface area contributed by atoms with E-state index in [9.17, 15) is 4.79 Å². The molecule has 0 atom stereocenters. The topological polar surface area (TPSA) is 68.8 Å². The third-order valence-corrected chi connectivity index (χ3v) is 4.82. The van der Waals surface area contributed by atoms with Crippen molar-refractivity contribution in [2.75, 3.05) is 26.7 Å². The number of carbonyl (C=O) groups excluding carboxylic acids is 1. The van der Waals surface area contributed by atoms with E-state index in [4.69, 9.17) is 0 Å². The van der Waals surface area contributed by atoms with E-state index in [2.05, 4.69) is 53.5 Å². The molecule has 0 aromatic heterocycles. The Balaban J connectivity index is 2.20. The molecular formula is C19H39N5O. The zero-order chi connectivity index (χ0) is 18.7. The molecule has 1 fully saturated rings. The maximum absolute atomic E-state index is 12.0. The average molecular weight is 354 g/mol. The van der Waals surface area contributed by atoms with E-state index >= 15 is 0 Å². The molecule has 146 valence electrons. The highest BCUT2D eigenvalue weighted by Crippen LogP contribution is 2.17. The fourth-order valence-electron chi connectivity index (χ4n) is 3.49. The molecule has 3 N–H and O–H groups in total. The summed E-state index contributed by atoms with van der Waals surface area (Å²) < 4.78 is 0. The molecule has 0 spiro atoms. The van der Waals surface area contributed by atoms with Gasteiger partial charge >= 0.3 is 0 Å². The summed E-state index contributed by atoms with van der Waals surface area (Å²) in [5, 5.41) is 9.51. The monoisotopic (exact) mass is 353 g/mol. The van der Waals surface area contributed by atoms with Crippen LogP contribution in [0.4, 0.5) is 0 Å². The number of amides is 1. The van der Waals surface area contributed by atoms with Crippen molar-refractivity contribution in [3.8, 4) is 0 Å². The minimum Gasteiger partial charge on any atom is -0.356 e. The molecule has 0 aliphatic heterocycles. The molecule has 1 rings (SSSR count). The number of carbonyl (C=O) groups is 1. The number of guanidine groups is 1. The van der Waals surface area contributed by atoms with Crippen LogP contribution in [0.2, 0.25) is 0 Å². The predicted molar refractivity (Wildman–Crippen MR) is 106 cm³/mol. The molecule has 0 radical (unpaired) electrons. The van der Waals surface area contributed by atoms with Gasteiger partial charge in [-0.05, 0) is 47.0 Å². The summed E-state index contributed by atoms with van der Waals surface area (Å²) in [4.78, 5) is 18.7. The second kappa shape index (κ2) is 12.1. The Bertz CT molecular complexity index is 395. The Morgan fingerprint density at radius 1 is 1.08 bits per heavy atom. The quantitative estimate of drug-likeness (QED) is 0.337. The summed E-state index contributed by atoms with van der Waals surface area (Å²) in [6.07, 6.45) is 7.02. The molecule has 1 aliphatic rings. The summed E-state index contributed by atoms with van der Waals surface area (Å²) >= 11 is 0. The number of nitrogens with zero attached hydrogens (tertiary/aromatic N) is 2. The number of nitrogens with one attached hydrogen (secondary N) is 3. The van der Waals surface area contributed by atoms with Crippen LogP contribution in [0.25, 0.3) is 0 Å². The number of rotatable bonds is 9. The molecular weight excluding hydrogens is 314 g/mol. The van der Waals surface area contributed by atoms with E-state index in [1.54, 1.807) is 7.05 Å². The Hall–Kier alpha value is -1.30. The van der Waals surface area contributed by atoms with Crippen LogP contribution in [0.3, 0.4) is 0 Å². The fourth-order valence-corrected chi connectivity index (χ4v) is 3.49. The van der Waals surface area contributed by atoms with Crippen molar-refractivity contribution in [3.05, 3.63) is 0 Å². The Morgan fingerprint density at radius 2 is 1.72 bits per heavy atom. The highest BCUT2D eigenvalue weighted by atomic mass is 16.2. The molecule has 0 heterocycles. The molecule has 6 heteroatoms. The predicted octanol–water partition coefficient (Wildman–Crippen LogP) is 2.11. The van der Waals surface area contributed by atoms with Gasteiger partial charge in [0.1, 0.15) is 0 Å². The first-order valence-corrected chi connectivity index (χ1v) is 9.93. The van der Waals surface area contributed by atoms with Gasteiger partial charge in [-0.1, -0.05) is 19.3 Å². The largest absolute Gasteiger partial charge is 0.356 e. The van der Waals surface area contributed by atoms with Gasteiger partial charge in [0.05, 0.1) is 6.54 Å². The molecule has 1 amide bonds. The molecule has 6 nitrogen and oxygen atoms in total. The lowest BCUT2D eigenvalue weighted by molar-refractivity contribution is -0.120. The van der Waals surface area contributed by atoms with Crippen molar-refractivity contribution < 1.29 is 4.79 Å². The van der Waals surface area contributed by atoms with Gasteiger partial charge < -0.3 is 16.0 Å². The highest BCUT2D eigenvalue weighted by molar-refractivity contribution is 5.86. The number of hydrogen-bond donors (Lipinski definition) is 3. The first-order valence-electron chi connectivity index (χ1n) is 9.93. The van der Waals surface area contributed by atoms with Crippen LogP contribution < -0.4 is 16.0 Å². The lowest BCUT2D eigenvalue weighted by Crippen LogP contribution is -2.46. The van der Waals surface area contributed by atoms with Gasteiger partial charge in [0.25, 0.3) is 0 Å². The van der Waals surface area contributed by atoms with Crippen molar-refractivity contribution in [3.63, 3.8) is 0 Å². The third kappa shape index (κ3) is 9.10. The molecule has 0 bridgehead atoms. The first-order chi connectivity index (χ1) is 11.9. The molecule has 0 aromatic carbocycles. The van der Waals surface area contributed by atoms with Crippen LogP contribution in [0.5, 0.6) is 0 Å². The third-order valence-electron chi connectivity index (χ3n) is 4.82. The molecule has 1 saturated carbocycles. The lowest BCUT2D eigenvalue weighted by Gasteiger charge is -2.30. The molecule has 25 heavy (non-hydrogen) atoms. The smallest absolute Gasteiger partial charge is 0.239 e. The van der Waals surface area contributed by atoms with Gasteiger partial charge in [-0.2, -0.15) is 0 Å². The average Bonchev–Trinajstić information content (AvgIpc) is 2.57. The summed E-state index contributed by atoms with van der Waals surface area (Å²) in [5.74, 6) is 0.750. The van der Waals surface area contributed by atoms with Crippen molar-refractivity contribution in [1.82, 2.24) is 20.9 Å². The van der Waals surface area contributed by atoms with E-state index < -0.39 is 0 Å². The standard InChI is InChI=1S/C19H39N5O/c1-15(2)24(16(3)4)13-9-12-21-19(20-5)22-14-18(25)23-17-10-7-6-8-11-17/h15-17H,6-14H2,1-5H3,(H,23,25)(H2,20,21,22). The molecule has 0 aromatic rings. The number of aliphatic imine (C=N–C) groups is 1. The van der Waals surface area contributed by atoms with Gasteiger partial charge in [-0.15, -0.1) is 0 Å². The molecule has 0 unspecified atom stereocenters. The van der Waals surface area contributed by atoms with E-state index in [0.717, 1.165) is 32.4 Å².